The third-order valence-electron chi connectivity index (χ3n) is 5.15. The summed E-state index contributed by atoms with van der Waals surface area (Å²) in [7, 11) is -2.46. The maximum atomic E-state index is 11.5. The van der Waals surface area contributed by atoms with Crippen molar-refractivity contribution in [3.63, 3.8) is 0 Å². The molecular weight excluding hydrogens is 376 g/mol. The number of anilines is 1. The molecule has 2 heterocycles. The highest BCUT2D eigenvalue weighted by Crippen LogP contribution is 2.41. The highest BCUT2D eigenvalue weighted by atomic mass is 32.3. The normalized spacial score (nSPS) is 17.5. The van der Waals surface area contributed by atoms with E-state index in [4.69, 9.17) is 5.73 Å². The van der Waals surface area contributed by atoms with E-state index >= 15 is 0 Å². The van der Waals surface area contributed by atoms with Crippen molar-refractivity contribution in [1.29, 1.82) is 0 Å². The molecule has 0 bridgehead atoms. The Hall–Kier alpha value is -2.68. The first kappa shape index (κ1) is 18.7. The molecule has 1 aliphatic heterocycles. The van der Waals surface area contributed by atoms with Crippen LogP contribution in [0, 0.1) is 6.92 Å². The van der Waals surface area contributed by atoms with Crippen molar-refractivity contribution in [3.05, 3.63) is 53.7 Å². The van der Waals surface area contributed by atoms with Crippen molar-refractivity contribution in [2.75, 3.05) is 29.5 Å². The molecule has 0 radical (unpaired) electrons. The van der Waals surface area contributed by atoms with E-state index in [0.29, 0.717) is 30.2 Å². The van der Waals surface area contributed by atoms with Crippen LogP contribution >= 0.6 is 10.6 Å². The summed E-state index contributed by atoms with van der Waals surface area (Å²) in [6.07, 6.45) is 1.72. The molecule has 0 atom stereocenters. The number of benzene rings is 2. The molecule has 3 aromatic rings. The van der Waals surface area contributed by atoms with Gasteiger partial charge in [-0.05, 0) is 47.9 Å². The third kappa shape index (κ3) is 3.54. The Balaban J connectivity index is 1.74. The number of carbonyl (C=O) groups is 1. The molecule has 0 saturated carbocycles. The Kier molecular flexibility index (Phi) is 4.70. The van der Waals surface area contributed by atoms with Crippen LogP contribution in [0.25, 0.3) is 21.9 Å². The van der Waals surface area contributed by atoms with Gasteiger partial charge < -0.3 is 10.6 Å². The summed E-state index contributed by atoms with van der Waals surface area (Å²) >= 11 is 0. The minimum atomic E-state index is -2.46. The molecule has 1 saturated heterocycles. The fraction of sp³-hybridized carbons (Fsp3) is 0.250. The molecule has 1 fully saturated rings. The largest absolute Gasteiger partial charge is 0.366 e. The highest BCUT2D eigenvalue weighted by molar-refractivity contribution is 8.24. The molecule has 7 nitrogen and oxygen atoms in total. The number of carbonyl (C=O) groups excluding carboxylic acids is 1. The van der Waals surface area contributed by atoms with Crippen LogP contribution in [0.3, 0.4) is 0 Å². The minimum absolute atomic E-state index is 0.349. The van der Waals surface area contributed by atoms with E-state index in [-0.39, 0.29) is 0 Å². The highest BCUT2D eigenvalue weighted by Gasteiger charge is 2.24. The van der Waals surface area contributed by atoms with Crippen molar-refractivity contribution in [1.82, 2.24) is 10.2 Å². The van der Waals surface area contributed by atoms with Gasteiger partial charge >= 0.3 is 0 Å². The van der Waals surface area contributed by atoms with E-state index < -0.39 is 16.5 Å². The first-order valence-corrected chi connectivity index (χ1v) is 10.9. The van der Waals surface area contributed by atoms with Gasteiger partial charge in [-0.25, -0.2) is 0 Å². The van der Waals surface area contributed by atoms with E-state index in [2.05, 4.69) is 10.2 Å². The van der Waals surface area contributed by atoms with E-state index in [9.17, 15) is 13.9 Å². The standard InChI is InChI=1S/C20H22N4O3S/c1-13-2-3-15(19(21)25)11-18(13)14-4-5-17-16(10-14)12-22-23-20(17)24-6-8-28(26,27)9-7-24/h2-5,10-12,26-27H,6-9H2,1H3,(H2,21,25). The van der Waals surface area contributed by atoms with Gasteiger partial charge in [0.2, 0.25) is 5.91 Å². The number of nitrogens with two attached hydrogens (primary N) is 1. The van der Waals surface area contributed by atoms with Gasteiger partial charge in [0.1, 0.15) is 0 Å². The molecule has 4 rings (SSSR count). The average molecular weight is 398 g/mol. The van der Waals surface area contributed by atoms with Crippen LogP contribution in [0.15, 0.2) is 42.6 Å². The molecule has 1 amide bonds. The summed E-state index contributed by atoms with van der Waals surface area (Å²) in [5.74, 6) is 0.998. The van der Waals surface area contributed by atoms with Crippen molar-refractivity contribution in [2.45, 2.75) is 6.92 Å². The lowest BCUT2D eigenvalue weighted by atomic mass is 9.96. The molecule has 0 aliphatic carbocycles. The zero-order chi connectivity index (χ0) is 19.9. The lowest BCUT2D eigenvalue weighted by Gasteiger charge is -2.41. The maximum Gasteiger partial charge on any atom is 0.248 e. The number of hydrogen-bond donors (Lipinski definition) is 3. The van der Waals surface area contributed by atoms with Gasteiger partial charge in [-0.3, -0.25) is 13.9 Å². The predicted molar refractivity (Wildman–Crippen MR) is 113 cm³/mol. The minimum Gasteiger partial charge on any atom is -0.366 e. The van der Waals surface area contributed by atoms with Crippen molar-refractivity contribution in [2.24, 2.45) is 5.73 Å². The summed E-state index contributed by atoms with van der Waals surface area (Å²) < 4.78 is 19.7. The number of fused-ring (bicyclic) bond motifs is 1. The Morgan fingerprint density at radius 2 is 1.89 bits per heavy atom. The van der Waals surface area contributed by atoms with E-state index in [1.807, 2.05) is 42.2 Å². The van der Waals surface area contributed by atoms with Gasteiger partial charge in [0, 0.05) is 29.4 Å². The zero-order valence-electron chi connectivity index (χ0n) is 15.5. The lowest BCUT2D eigenvalue weighted by Crippen LogP contribution is -2.38. The third-order valence-corrected chi connectivity index (χ3v) is 6.82. The second kappa shape index (κ2) is 7.05. The van der Waals surface area contributed by atoms with Crippen molar-refractivity contribution < 1.29 is 13.9 Å². The average Bonchev–Trinajstić information content (AvgIpc) is 2.67. The van der Waals surface area contributed by atoms with Crippen LogP contribution < -0.4 is 10.6 Å². The van der Waals surface area contributed by atoms with Gasteiger partial charge in [0.15, 0.2) is 5.82 Å². The van der Waals surface area contributed by atoms with Crippen LogP contribution in [0.4, 0.5) is 5.82 Å². The molecule has 1 aliphatic rings. The molecule has 4 N–H and O–H groups in total. The maximum absolute atomic E-state index is 11.5. The topological polar surface area (TPSA) is 113 Å². The lowest BCUT2D eigenvalue weighted by molar-refractivity contribution is 0.100. The number of nitrogens with zero attached hydrogens (tertiary/aromatic N) is 3. The second-order valence-electron chi connectivity index (χ2n) is 7.06. The van der Waals surface area contributed by atoms with Gasteiger partial charge in [0.05, 0.1) is 17.7 Å². The molecule has 146 valence electrons. The van der Waals surface area contributed by atoms with Gasteiger partial charge in [-0.1, -0.05) is 12.1 Å². The summed E-state index contributed by atoms with van der Waals surface area (Å²) in [5.41, 5.74) is 8.87. The molecule has 0 spiro atoms. The molecular formula is C20H22N4O3S. The van der Waals surface area contributed by atoms with Crippen LogP contribution in [0.2, 0.25) is 0 Å². The van der Waals surface area contributed by atoms with E-state index in [0.717, 1.165) is 33.3 Å². The first-order valence-electron chi connectivity index (χ1n) is 8.99. The molecule has 28 heavy (non-hydrogen) atoms. The predicted octanol–water partition coefficient (Wildman–Crippen LogP) is 3.27. The second-order valence-corrected chi connectivity index (χ2v) is 9.48. The smallest absolute Gasteiger partial charge is 0.248 e. The summed E-state index contributed by atoms with van der Waals surface area (Å²) in [5, 5.41) is 10.3. The number of aryl methyl sites for hydroxylation is 1. The van der Waals surface area contributed by atoms with Crippen LogP contribution in [0.5, 0.6) is 0 Å². The molecule has 0 unspecified atom stereocenters. The number of primary amides is 1. The monoisotopic (exact) mass is 398 g/mol. The molecule has 1 aromatic heterocycles. The summed E-state index contributed by atoms with van der Waals surface area (Å²) in [4.78, 5) is 13.6. The number of rotatable bonds is 3. The van der Waals surface area contributed by atoms with E-state index in [1.54, 1.807) is 12.3 Å². The van der Waals surface area contributed by atoms with E-state index in [1.165, 1.54) is 0 Å². The van der Waals surface area contributed by atoms with Gasteiger partial charge in [0.25, 0.3) is 0 Å². The van der Waals surface area contributed by atoms with Gasteiger partial charge in [-0.15, -0.1) is 5.10 Å². The summed E-state index contributed by atoms with van der Waals surface area (Å²) in [6.45, 7) is 3.07. The number of amides is 1. The molecule has 8 heteroatoms. The fourth-order valence-electron chi connectivity index (χ4n) is 3.50. The number of aromatic nitrogens is 2. The Morgan fingerprint density at radius 1 is 1.14 bits per heavy atom. The summed E-state index contributed by atoms with van der Waals surface area (Å²) in [6, 6.07) is 11.5. The molecule has 2 aromatic carbocycles. The van der Waals surface area contributed by atoms with Crippen LogP contribution in [-0.4, -0.2) is 49.8 Å². The van der Waals surface area contributed by atoms with Crippen LogP contribution in [0.1, 0.15) is 15.9 Å². The van der Waals surface area contributed by atoms with Crippen molar-refractivity contribution in [3.8, 4) is 11.1 Å². The SMILES string of the molecule is Cc1ccc(C(N)=O)cc1-c1ccc2c(N3CCS(O)(O)CC3)nncc2c1. The quantitative estimate of drug-likeness (QED) is 0.624. The van der Waals surface area contributed by atoms with Crippen LogP contribution in [-0.2, 0) is 0 Å². The fourth-order valence-corrected chi connectivity index (χ4v) is 4.73. The Bertz CT molecular complexity index is 1060. The zero-order valence-corrected chi connectivity index (χ0v) is 16.3. The Labute approximate surface area is 164 Å². The first-order chi connectivity index (χ1) is 13.3. The van der Waals surface area contributed by atoms with Crippen molar-refractivity contribution >= 4 is 33.1 Å². The van der Waals surface area contributed by atoms with Gasteiger partial charge in [-0.2, -0.15) is 15.7 Å². The number of hydrogen-bond acceptors (Lipinski definition) is 6. The Morgan fingerprint density at radius 3 is 2.61 bits per heavy atom.